The molecule has 7 heteroatoms. The standard InChI is InChI=1S/C16H19Cl2N3O2/c17-9-5-10(18)7-11(6-9)19-15(22)8-14-16(23)21-13-4-2-1-3-12(13)20-14/h5-7,12-14,20H,1-4,8H2,(H,19,22)(H,21,23)/t12-,13+,14+/m1/s1. The molecule has 1 saturated heterocycles. The van der Waals surface area contributed by atoms with E-state index in [1.54, 1.807) is 18.2 Å². The predicted octanol–water partition coefficient (Wildman–Crippen LogP) is 2.72. The first kappa shape index (κ1) is 16.6. The van der Waals surface area contributed by atoms with Crippen LogP contribution in [-0.4, -0.2) is 29.9 Å². The van der Waals surface area contributed by atoms with Gasteiger partial charge in [0.25, 0.3) is 0 Å². The molecule has 0 spiro atoms. The molecule has 0 unspecified atom stereocenters. The van der Waals surface area contributed by atoms with E-state index in [2.05, 4.69) is 16.0 Å². The van der Waals surface area contributed by atoms with Crippen molar-refractivity contribution in [3.05, 3.63) is 28.2 Å². The van der Waals surface area contributed by atoms with Gasteiger partial charge in [-0.15, -0.1) is 0 Å². The van der Waals surface area contributed by atoms with Gasteiger partial charge in [-0.05, 0) is 31.0 Å². The highest BCUT2D eigenvalue weighted by Gasteiger charge is 2.36. The van der Waals surface area contributed by atoms with Crippen LogP contribution >= 0.6 is 23.2 Å². The zero-order valence-electron chi connectivity index (χ0n) is 12.6. The summed E-state index contributed by atoms with van der Waals surface area (Å²) in [6, 6.07) is 4.80. The highest BCUT2D eigenvalue weighted by molar-refractivity contribution is 6.35. The van der Waals surface area contributed by atoms with Gasteiger partial charge >= 0.3 is 0 Å². The van der Waals surface area contributed by atoms with Gasteiger partial charge in [0.2, 0.25) is 11.8 Å². The molecule has 2 amide bonds. The summed E-state index contributed by atoms with van der Waals surface area (Å²) in [5.74, 6) is -0.349. The van der Waals surface area contributed by atoms with E-state index in [9.17, 15) is 9.59 Å². The Morgan fingerprint density at radius 2 is 1.78 bits per heavy atom. The SMILES string of the molecule is O=C(C[C@@H]1N[C@@H]2CCCC[C@@H]2NC1=O)Nc1cc(Cl)cc(Cl)c1. The number of fused-ring (bicyclic) bond motifs is 1. The second kappa shape index (κ2) is 7.07. The molecule has 1 heterocycles. The number of carbonyl (C=O) groups is 2. The van der Waals surface area contributed by atoms with Crippen molar-refractivity contribution >= 4 is 40.7 Å². The Bertz CT molecular complexity index is 603. The molecule has 5 nitrogen and oxygen atoms in total. The van der Waals surface area contributed by atoms with E-state index in [1.807, 2.05) is 0 Å². The van der Waals surface area contributed by atoms with Gasteiger partial charge in [-0.1, -0.05) is 36.0 Å². The molecule has 3 rings (SSSR count). The van der Waals surface area contributed by atoms with Gasteiger partial charge in [0.1, 0.15) is 0 Å². The number of benzene rings is 1. The van der Waals surface area contributed by atoms with Crippen molar-refractivity contribution in [2.24, 2.45) is 0 Å². The lowest BCUT2D eigenvalue weighted by Crippen LogP contribution is -2.65. The highest BCUT2D eigenvalue weighted by Crippen LogP contribution is 2.24. The van der Waals surface area contributed by atoms with Gasteiger partial charge in [-0.3, -0.25) is 9.59 Å². The molecule has 1 aromatic rings. The van der Waals surface area contributed by atoms with E-state index in [4.69, 9.17) is 23.2 Å². The third-order valence-electron chi connectivity index (χ3n) is 4.36. The number of nitrogens with one attached hydrogen (secondary N) is 3. The van der Waals surface area contributed by atoms with Crippen molar-refractivity contribution in [1.29, 1.82) is 0 Å². The molecule has 1 aromatic carbocycles. The molecule has 23 heavy (non-hydrogen) atoms. The first-order valence-corrected chi connectivity index (χ1v) is 8.59. The Morgan fingerprint density at radius 1 is 1.13 bits per heavy atom. The minimum Gasteiger partial charge on any atom is -0.350 e. The lowest BCUT2D eigenvalue weighted by Gasteiger charge is -2.40. The fraction of sp³-hybridized carbons (Fsp3) is 0.500. The van der Waals surface area contributed by atoms with Crippen LogP contribution in [-0.2, 0) is 9.59 Å². The van der Waals surface area contributed by atoms with E-state index in [0.29, 0.717) is 15.7 Å². The van der Waals surface area contributed by atoms with Crippen LogP contribution in [0.1, 0.15) is 32.1 Å². The quantitative estimate of drug-likeness (QED) is 0.780. The molecule has 3 N–H and O–H groups in total. The Labute approximate surface area is 145 Å². The van der Waals surface area contributed by atoms with Crippen LogP contribution in [0.5, 0.6) is 0 Å². The fourth-order valence-electron chi connectivity index (χ4n) is 3.30. The predicted molar refractivity (Wildman–Crippen MR) is 90.8 cm³/mol. The monoisotopic (exact) mass is 355 g/mol. The number of halogens is 2. The van der Waals surface area contributed by atoms with Crippen LogP contribution in [0.25, 0.3) is 0 Å². The van der Waals surface area contributed by atoms with E-state index in [0.717, 1.165) is 25.7 Å². The Hall–Kier alpha value is -1.30. The van der Waals surface area contributed by atoms with Crippen molar-refractivity contribution in [1.82, 2.24) is 10.6 Å². The first-order chi connectivity index (χ1) is 11.0. The van der Waals surface area contributed by atoms with Crippen LogP contribution in [0.4, 0.5) is 5.69 Å². The molecule has 2 aliphatic rings. The number of rotatable bonds is 3. The largest absolute Gasteiger partial charge is 0.350 e. The van der Waals surface area contributed by atoms with E-state index < -0.39 is 6.04 Å². The number of anilines is 1. The van der Waals surface area contributed by atoms with Crippen LogP contribution in [0.2, 0.25) is 10.0 Å². The number of amides is 2. The number of piperazine rings is 1. The summed E-state index contributed by atoms with van der Waals surface area (Å²) < 4.78 is 0. The minimum atomic E-state index is -0.496. The fourth-order valence-corrected chi connectivity index (χ4v) is 3.82. The molecule has 0 aromatic heterocycles. The van der Waals surface area contributed by atoms with Crippen molar-refractivity contribution in [3.63, 3.8) is 0 Å². The summed E-state index contributed by atoms with van der Waals surface area (Å²) in [5.41, 5.74) is 0.527. The lowest BCUT2D eigenvalue weighted by atomic mass is 9.87. The second-order valence-electron chi connectivity index (χ2n) is 6.14. The van der Waals surface area contributed by atoms with Gasteiger partial charge in [0, 0.05) is 27.8 Å². The van der Waals surface area contributed by atoms with E-state index in [1.165, 1.54) is 0 Å². The second-order valence-corrected chi connectivity index (χ2v) is 7.01. The van der Waals surface area contributed by atoms with Gasteiger partial charge in [-0.2, -0.15) is 0 Å². The average Bonchev–Trinajstić information content (AvgIpc) is 2.46. The highest BCUT2D eigenvalue weighted by atomic mass is 35.5. The Kier molecular flexibility index (Phi) is 5.09. The molecule has 0 radical (unpaired) electrons. The topological polar surface area (TPSA) is 70.2 Å². The third-order valence-corrected chi connectivity index (χ3v) is 4.80. The smallest absolute Gasteiger partial charge is 0.237 e. The van der Waals surface area contributed by atoms with Crippen LogP contribution in [0.3, 0.4) is 0 Å². The molecule has 124 valence electrons. The number of carbonyl (C=O) groups excluding carboxylic acids is 2. The molecular weight excluding hydrogens is 337 g/mol. The van der Waals surface area contributed by atoms with Gasteiger partial charge < -0.3 is 16.0 Å². The van der Waals surface area contributed by atoms with Gasteiger partial charge in [0.15, 0.2) is 0 Å². The van der Waals surface area contributed by atoms with Crippen molar-refractivity contribution < 1.29 is 9.59 Å². The molecule has 1 aliphatic heterocycles. The van der Waals surface area contributed by atoms with Crippen molar-refractivity contribution in [2.75, 3.05) is 5.32 Å². The molecule has 1 aliphatic carbocycles. The van der Waals surface area contributed by atoms with Crippen LogP contribution < -0.4 is 16.0 Å². The summed E-state index contributed by atoms with van der Waals surface area (Å²) in [6.07, 6.45) is 4.42. The van der Waals surface area contributed by atoms with Gasteiger partial charge in [0.05, 0.1) is 12.5 Å². The van der Waals surface area contributed by atoms with Crippen molar-refractivity contribution in [2.45, 2.75) is 50.2 Å². The van der Waals surface area contributed by atoms with Gasteiger partial charge in [-0.25, -0.2) is 0 Å². The maximum absolute atomic E-state index is 12.2. The third kappa shape index (κ3) is 4.16. The molecule has 1 saturated carbocycles. The first-order valence-electron chi connectivity index (χ1n) is 7.83. The summed E-state index contributed by atoms with van der Waals surface area (Å²) in [6.45, 7) is 0. The summed E-state index contributed by atoms with van der Waals surface area (Å²) in [4.78, 5) is 24.3. The molecule has 0 bridgehead atoms. The normalized spacial score (nSPS) is 27.0. The lowest BCUT2D eigenvalue weighted by molar-refractivity contribution is -0.129. The maximum Gasteiger partial charge on any atom is 0.237 e. The molecule has 3 atom stereocenters. The summed E-state index contributed by atoms with van der Waals surface area (Å²) in [7, 11) is 0. The summed E-state index contributed by atoms with van der Waals surface area (Å²) >= 11 is 11.8. The zero-order chi connectivity index (χ0) is 16.4. The number of hydrogen-bond donors (Lipinski definition) is 3. The maximum atomic E-state index is 12.2. The summed E-state index contributed by atoms with van der Waals surface area (Å²) in [5, 5.41) is 9.99. The van der Waals surface area contributed by atoms with Crippen LogP contribution in [0.15, 0.2) is 18.2 Å². The Morgan fingerprint density at radius 3 is 2.48 bits per heavy atom. The molecule has 2 fully saturated rings. The zero-order valence-corrected chi connectivity index (χ0v) is 14.1. The minimum absolute atomic E-state index is 0.0825. The molecular formula is C16H19Cl2N3O2. The van der Waals surface area contributed by atoms with E-state index in [-0.39, 0.29) is 30.3 Å². The van der Waals surface area contributed by atoms with E-state index >= 15 is 0 Å². The van der Waals surface area contributed by atoms with Crippen LogP contribution in [0, 0.1) is 0 Å². The number of hydrogen-bond acceptors (Lipinski definition) is 3. The Balaban J connectivity index is 1.59. The van der Waals surface area contributed by atoms with Crippen molar-refractivity contribution in [3.8, 4) is 0 Å². The average molecular weight is 356 g/mol.